The monoisotopic (exact) mass is 477 g/mol. The minimum absolute atomic E-state index is 0.152. The Kier molecular flexibility index (Phi) is 7.41. The Bertz CT molecular complexity index is 1180. The zero-order chi connectivity index (χ0) is 25.3. The van der Waals surface area contributed by atoms with Gasteiger partial charge >= 0.3 is 0 Å². The van der Waals surface area contributed by atoms with E-state index in [1.807, 2.05) is 24.5 Å². The Labute approximate surface area is 207 Å². The first-order valence-electron chi connectivity index (χ1n) is 12.6. The van der Waals surface area contributed by atoms with Crippen LogP contribution in [0.15, 0.2) is 42.6 Å². The van der Waals surface area contributed by atoms with Crippen LogP contribution in [0.5, 0.6) is 0 Å². The summed E-state index contributed by atoms with van der Waals surface area (Å²) in [4.78, 5) is 19.9. The van der Waals surface area contributed by atoms with Crippen LogP contribution >= 0.6 is 0 Å². The lowest BCUT2D eigenvalue weighted by Crippen LogP contribution is -2.40. The number of imidazole rings is 1. The molecule has 6 heteroatoms. The summed E-state index contributed by atoms with van der Waals surface area (Å²) in [6.07, 6.45) is 1.79. The van der Waals surface area contributed by atoms with Crippen molar-refractivity contribution in [1.82, 2.24) is 14.5 Å². The summed E-state index contributed by atoms with van der Waals surface area (Å²) in [5, 5.41) is 0. The number of hydrogen-bond acceptors (Lipinski definition) is 3. The Hall–Kier alpha value is -2.99. The first kappa shape index (κ1) is 25.1. The molecule has 0 aliphatic carbocycles. The maximum absolute atomic E-state index is 15.5. The number of ether oxygens (including phenoxy) is 1. The molecule has 35 heavy (non-hydrogen) atoms. The number of morpholine rings is 1. The molecule has 0 N–H and O–H groups in total. The molecule has 1 fully saturated rings. The van der Waals surface area contributed by atoms with Crippen molar-refractivity contribution >= 4 is 5.91 Å². The van der Waals surface area contributed by atoms with Crippen molar-refractivity contribution < 1.29 is 13.9 Å². The molecule has 4 rings (SSSR count). The summed E-state index contributed by atoms with van der Waals surface area (Å²) >= 11 is 0. The Morgan fingerprint density at radius 1 is 0.943 bits per heavy atom. The van der Waals surface area contributed by atoms with Gasteiger partial charge in [-0.3, -0.25) is 9.36 Å². The van der Waals surface area contributed by atoms with Crippen LogP contribution in [0, 0.1) is 5.82 Å². The van der Waals surface area contributed by atoms with Crippen LogP contribution in [-0.2, 0) is 4.74 Å². The summed E-state index contributed by atoms with van der Waals surface area (Å²) < 4.78 is 22.9. The Morgan fingerprint density at radius 2 is 1.57 bits per heavy atom. The molecular weight excluding hydrogens is 441 g/mol. The van der Waals surface area contributed by atoms with E-state index in [2.05, 4.69) is 45.9 Å². The van der Waals surface area contributed by atoms with Gasteiger partial charge in [-0.25, -0.2) is 9.37 Å². The van der Waals surface area contributed by atoms with Crippen molar-refractivity contribution in [2.75, 3.05) is 26.3 Å². The van der Waals surface area contributed by atoms with Crippen LogP contribution < -0.4 is 0 Å². The Morgan fingerprint density at radius 3 is 2.11 bits per heavy atom. The largest absolute Gasteiger partial charge is 0.378 e. The zero-order valence-electron chi connectivity index (χ0n) is 21.6. The fourth-order valence-electron chi connectivity index (χ4n) is 4.63. The van der Waals surface area contributed by atoms with Gasteiger partial charge in [-0.05, 0) is 46.6 Å². The van der Waals surface area contributed by atoms with Gasteiger partial charge in [-0.1, -0.05) is 65.8 Å². The van der Waals surface area contributed by atoms with Gasteiger partial charge in [0.15, 0.2) is 0 Å². The van der Waals surface area contributed by atoms with E-state index < -0.39 is 0 Å². The fraction of sp³-hybridized carbons (Fsp3) is 0.448. The molecule has 0 spiro atoms. The number of hydrogen-bond donors (Lipinski definition) is 0. The number of carbonyl (C=O) groups is 1. The third-order valence-electron chi connectivity index (χ3n) is 6.71. The topological polar surface area (TPSA) is 47.4 Å². The number of halogens is 1. The SMILES string of the molecule is CC(C)c1ccc(-c2nc(C(=O)N3CCOCC3)cn2-c2c(C(C)C)cccc2C(C)C)c(F)c1. The molecule has 1 aromatic heterocycles. The number of nitrogens with zero attached hydrogens (tertiary/aromatic N) is 3. The van der Waals surface area contributed by atoms with Crippen LogP contribution in [0.3, 0.4) is 0 Å². The molecule has 1 amide bonds. The van der Waals surface area contributed by atoms with Gasteiger partial charge in [0, 0.05) is 19.3 Å². The first-order valence-corrected chi connectivity index (χ1v) is 12.6. The second-order valence-corrected chi connectivity index (χ2v) is 10.2. The lowest BCUT2D eigenvalue weighted by molar-refractivity contribution is 0.0299. The lowest BCUT2D eigenvalue weighted by atomic mass is 9.92. The maximum Gasteiger partial charge on any atom is 0.274 e. The highest BCUT2D eigenvalue weighted by molar-refractivity contribution is 5.93. The van der Waals surface area contributed by atoms with Crippen molar-refractivity contribution in [1.29, 1.82) is 0 Å². The van der Waals surface area contributed by atoms with Gasteiger partial charge in [0.2, 0.25) is 0 Å². The molecular formula is C29H36FN3O2. The van der Waals surface area contributed by atoms with Gasteiger partial charge in [-0.15, -0.1) is 0 Å². The molecule has 0 atom stereocenters. The van der Waals surface area contributed by atoms with Gasteiger partial charge < -0.3 is 9.64 Å². The third kappa shape index (κ3) is 5.03. The number of rotatable bonds is 6. The summed E-state index contributed by atoms with van der Waals surface area (Å²) in [5.41, 5.74) is 4.90. The predicted octanol–water partition coefficient (Wildman–Crippen LogP) is 6.52. The van der Waals surface area contributed by atoms with Crippen molar-refractivity contribution in [2.45, 2.75) is 59.3 Å². The fourth-order valence-corrected chi connectivity index (χ4v) is 4.63. The maximum atomic E-state index is 15.5. The molecule has 5 nitrogen and oxygen atoms in total. The van der Waals surface area contributed by atoms with Crippen LogP contribution in [0.2, 0.25) is 0 Å². The van der Waals surface area contributed by atoms with E-state index in [0.717, 1.165) is 22.4 Å². The molecule has 0 unspecified atom stereocenters. The van der Waals surface area contributed by atoms with E-state index in [1.54, 1.807) is 23.2 Å². The molecule has 3 aromatic rings. The molecule has 2 heterocycles. The van der Waals surface area contributed by atoms with Gasteiger partial charge in [-0.2, -0.15) is 0 Å². The number of amides is 1. The molecule has 1 saturated heterocycles. The molecule has 1 aliphatic heterocycles. The minimum Gasteiger partial charge on any atom is -0.378 e. The number of aromatic nitrogens is 2. The van der Waals surface area contributed by atoms with E-state index in [9.17, 15) is 4.79 Å². The van der Waals surface area contributed by atoms with Crippen LogP contribution in [0.4, 0.5) is 4.39 Å². The summed E-state index contributed by atoms with van der Waals surface area (Å²) in [6, 6.07) is 11.6. The van der Waals surface area contributed by atoms with Crippen molar-refractivity contribution in [3.8, 4) is 17.1 Å². The highest BCUT2D eigenvalue weighted by atomic mass is 19.1. The minimum atomic E-state index is -0.332. The number of benzene rings is 2. The van der Waals surface area contributed by atoms with Crippen molar-refractivity contribution in [2.24, 2.45) is 0 Å². The quantitative estimate of drug-likeness (QED) is 0.406. The lowest BCUT2D eigenvalue weighted by Gasteiger charge is -2.26. The van der Waals surface area contributed by atoms with E-state index in [1.165, 1.54) is 0 Å². The molecule has 0 radical (unpaired) electrons. The number of carbonyl (C=O) groups excluding carboxylic acids is 1. The average molecular weight is 478 g/mol. The summed E-state index contributed by atoms with van der Waals surface area (Å²) in [5.74, 6) is 0.661. The standard InChI is InChI=1S/C29H36FN3O2/c1-18(2)21-10-11-24(25(30)16-21)28-31-26(29(34)32-12-14-35-15-13-32)17-33(28)27-22(19(3)4)8-7-9-23(27)20(5)6/h7-11,16-20H,12-15H2,1-6H3. The van der Waals surface area contributed by atoms with E-state index in [-0.39, 0.29) is 29.5 Å². The molecule has 0 bridgehead atoms. The smallest absolute Gasteiger partial charge is 0.274 e. The summed E-state index contributed by atoms with van der Waals surface area (Å²) in [7, 11) is 0. The zero-order valence-corrected chi connectivity index (χ0v) is 21.6. The summed E-state index contributed by atoms with van der Waals surface area (Å²) in [6.45, 7) is 14.8. The second-order valence-electron chi connectivity index (χ2n) is 10.2. The highest BCUT2D eigenvalue weighted by Gasteiger charge is 2.27. The molecule has 2 aromatic carbocycles. The second kappa shape index (κ2) is 10.3. The number of para-hydroxylation sites is 1. The molecule has 1 aliphatic rings. The van der Waals surface area contributed by atoms with Crippen LogP contribution in [-0.4, -0.2) is 46.7 Å². The predicted molar refractivity (Wildman–Crippen MR) is 138 cm³/mol. The molecule has 0 saturated carbocycles. The normalized spacial score (nSPS) is 14.4. The van der Waals surface area contributed by atoms with Crippen LogP contribution in [0.1, 0.15) is 86.5 Å². The van der Waals surface area contributed by atoms with Gasteiger partial charge in [0.1, 0.15) is 17.3 Å². The Balaban J connectivity index is 1.95. The van der Waals surface area contributed by atoms with Crippen molar-refractivity contribution in [3.63, 3.8) is 0 Å². The van der Waals surface area contributed by atoms with Gasteiger partial charge in [0.25, 0.3) is 5.91 Å². The van der Waals surface area contributed by atoms with Crippen LogP contribution in [0.25, 0.3) is 17.1 Å². The highest BCUT2D eigenvalue weighted by Crippen LogP contribution is 2.35. The first-order chi connectivity index (χ1) is 16.7. The average Bonchev–Trinajstić information content (AvgIpc) is 3.28. The third-order valence-corrected chi connectivity index (χ3v) is 6.71. The van der Waals surface area contributed by atoms with Crippen molar-refractivity contribution in [3.05, 3.63) is 70.8 Å². The van der Waals surface area contributed by atoms with E-state index >= 15 is 4.39 Å². The van der Waals surface area contributed by atoms with E-state index in [0.29, 0.717) is 43.4 Å². The molecule has 186 valence electrons. The van der Waals surface area contributed by atoms with E-state index in [4.69, 9.17) is 9.72 Å². The van der Waals surface area contributed by atoms with Gasteiger partial charge in [0.05, 0.1) is 24.5 Å².